The summed E-state index contributed by atoms with van der Waals surface area (Å²) in [7, 11) is 0. The zero-order valence-electron chi connectivity index (χ0n) is 8.74. The van der Waals surface area contributed by atoms with Gasteiger partial charge in [-0.3, -0.25) is 4.79 Å². The average Bonchev–Trinajstić information content (AvgIpc) is 2.68. The molecule has 0 atom stereocenters. The molecule has 0 radical (unpaired) electrons. The molecule has 0 spiro atoms. The Morgan fingerprint density at radius 1 is 1.35 bits per heavy atom. The van der Waals surface area contributed by atoms with Gasteiger partial charge in [0.2, 0.25) is 0 Å². The molecule has 2 rings (SSSR count). The third kappa shape index (κ3) is 3.09. The first kappa shape index (κ1) is 12.6. The van der Waals surface area contributed by atoms with Crippen LogP contribution in [0.1, 0.15) is 15.2 Å². The van der Waals surface area contributed by atoms with Crippen LogP contribution >= 0.6 is 38.9 Å². The molecule has 17 heavy (non-hydrogen) atoms. The molecule has 0 aliphatic carbocycles. The minimum Gasteiger partial charge on any atom is -0.398 e. The number of nitrogens with two attached hydrogens (primary N) is 1. The predicted octanol–water partition coefficient (Wildman–Crippen LogP) is 4.17. The Hall–Kier alpha value is -0.840. The Labute approximate surface area is 117 Å². The van der Waals surface area contributed by atoms with Crippen molar-refractivity contribution in [3.8, 4) is 0 Å². The first-order valence-electron chi connectivity index (χ1n) is 4.88. The number of nitrogen functional groups attached to an aromatic ring is 1. The van der Waals surface area contributed by atoms with E-state index in [1.54, 1.807) is 29.5 Å². The van der Waals surface area contributed by atoms with Crippen LogP contribution in [0.15, 0.2) is 34.1 Å². The number of hydrogen-bond acceptors (Lipinski definition) is 3. The molecule has 2 N–H and O–H groups in total. The third-order valence-electron chi connectivity index (χ3n) is 2.29. The van der Waals surface area contributed by atoms with Crippen LogP contribution in [0.3, 0.4) is 0 Å². The summed E-state index contributed by atoms with van der Waals surface area (Å²) in [6.45, 7) is 0. The molecule has 2 aromatic rings. The number of ketones is 1. The Bertz CT molecular complexity index is 567. The van der Waals surface area contributed by atoms with E-state index in [-0.39, 0.29) is 5.78 Å². The van der Waals surface area contributed by atoms with Crippen molar-refractivity contribution >= 4 is 50.3 Å². The van der Waals surface area contributed by atoms with Gasteiger partial charge >= 0.3 is 0 Å². The topological polar surface area (TPSA) is 43.1 Å². The lowest BCUT2D eigenvalue weighted by Crippen LogP contribution is -2.02. The highest BCUT2D eigenvalue weighted by atomic mass is 79.9. The predicted molar refractivity (Wildman–Crippen MR) is 75.9 cm³/mol. The van der Waals surface area contributed by atoms with Crippen molar-refractivity contribution < 1.29 is 4.79 Å². The highest BCUT2D eigenvalue weighted by Gasteiger charge is 2.10. The lowest BCUT2D eigenvalue weighted by atomic mass is 10.1. The zero-order valence-corrected chi connectivity index (χ0v) is 11.9. The van der Waals surface area contributed by atoms with Crippen molar-refractivity contribution in [3.63, 3.8) is 0 Å². The number of benzene rings is 1. The minimum absolute atomic E-state index is 0.0428. The summed E-state index contributed by atoms with van der Waals surface area (Å²) >= 11 is 10.8. The molecule has 0 amide bonds. The van der Waals surface area contributed by atoms with Crippen LogP contribution in [0, 0.1) is 0 Å². The van der Waals surface area contributed by atoms with E-state index in [4.69, 9.17) is 17.3 Å². The first-order valence-corrected chi connectivity index (χ1v) is 6.87. The Kier molecular flexibility index (Phi) is 3.86. The summed E-state index contributed by atoms with van der Waals surface area (Å²) in [6, 6.07) is 8.84. The number of thiophene rings is 1. The molecule has 0 bridgehead atoms. The fourth-order valence-electron chi connectivity index (χ4n) is 1.41. The normalized spacial score (nSPS) is 10.5. The van der Waals surface area contributed by atoms with E-state index in [2.05, 4.69) is 15.9 Å². The molecular weight excluding hydrogens is 322 g/mol. The molecule has 88 valence electrons. The molecule has 0 aliphatic heterocycles. The van der Waals surface area contributed by atoms with Crippen molar-refractivity contribution in [2.24, 2.45) is 0 Å². The van der Waals surface area contributed by atoms with Gasteiger partial charge in [0, 0.05) is 16.9 Å². The highest BCUT2D eigenvalue weighted by molar-refractivity contribution is 9.11. The van der Waals surface area contributed by atoms with Gasteiger partial charge in [0.15, 0.2) is 5.78 Å². The summed E-state index contributed by atoms with van der Waals surface area (Å²) in [5.74, 6) is 0.0428. The van der Waals surface area contributed by atoms with Crippen LogP contribution in [0.2, 0.25) is 5.02 Å². The van der Waals surface area contributed by atoms with Crippen LogP contribution in [0.4, 0.5) is 5.69 Å². The Morgan fingerprint density at radius 2 is 2.12 bits per heavy atom. The second kappa shape index (κ2) is 5.21. The molecule has 0 saturated carbocycles. The zero-order chi connectivity index (χ0) is 12.4. The molecule has 0 unspecified atom stereocenters. The van der Waals surface area contributed by atoms with E-state index in [9.17, 15) is 4.79 Å². The Morgan fingerprint density at radius 3 is 2.71 bits per heavy atom. The van der Waals surface area contributed by atoms with Gasteiger partial charge in [-0.2, -0.15) is 0 Å². The summed E-state index contributed by atoms with van der Waals surface area (Å²) in [4.78, 5) is 13.0. The molecule has 1 heterocycles. The molecule has 5 heteroatoms. The van der Waals surface area contributed by atoms with Gasteiger partial charge < -0.3 is 5.73 Å². The van der Waals surface area contributed by atoms with Crippen molar-refractivity contribution in [2.45, 2.75) is 6.42 Å². The van der Waals surface area contributed by atoms with Gasteiger partial charge in [0.05, 0.1) is 14.5 Å². The molecule has 2 nitrogen and oxygen atoms in total. The number of hydrogen-bond donors (Lipinski definition) is 1. The quantitative estimate of drug-likeness (QED) is 0.678. The maximum Gasteiger partial charge on any atom is 0.168 e. The first-order chi connectivity index (χ1) is 8.06. The molecule has 0 aliphatic rings. The molecule has 0 saturated heterocycles. The van der Waals surface area contributed by atoms with E-state index in [0.29, 0.717) is 22.7 Å². The third-order valence-corrected chi connectivity index (χ3v) is 4.24. The second-order valence-corrected chi connectivity index (χ2v) is 6.50. The lowest BCUT2D eigenvalue weighted by Gasteiger charge is -2.02. The lowest BCUT2D eigenvalue weighted by molar-refractivity contribution is 0.0994. The second-order valence-electron chi connectivity index (χ2n) is 3.54. The average molecular weight is 331 g/mol. The number of Topliss-reactive ketones (excluding diaryl/α,β-unsaturated/α-hetero) is 1. The summed E-state index contributed by atoms with van der Waals surface area (Å²) in [5.41, 5.74) is 6.68. The molecular formula is C12H9BrClNOS. The van der Waals surface area contributed by atoms with E-state index >= 15 is 0 Å². The maximum absolute atomic E-state index is 12.0. The van der Waals surface area contributed by atoms with Crippen LogP contribution < -0.4 is 5.73 Å². The van der Waals surface area contributed by atoms with E-state index in [0.717, 1.165) is 8.66 Å². The molecule has 1 aromatic carbocycles. The van der Waals surface area contributed by atoms with Gasteiger partial charge in [-0.1, -0.05) is 11.6 Å². The van der Waals surface area contributed by atoms with E-state index in [1.165, 1.54) is 0 Å². The van der Waals surface area contributed by atoms with Crippen molar-refractivity contribution in [2.75, 3.05) is 5.73 Å². The van der Waals surface area contributed by atoms with Gasteiger partial charge in [-0.05, 0) is 46.3 Å². The van der Waals surface area contributed by atoms with Crippen molar-refractivity contribution in [3.05, 3.63) is 49.6 Å². The molecule has 1 aromatic heterocycles. The van der Waals surface area contributed by atoms with Crippen LogP contribution in [0.25, 0.3) is 0 Å². The van der Waals surface area contributed by atoms with Crippen molar-refractivity contribution in [1.82, 2.24) is 0 Å². The number of carbonyl (C=O) groups is 1. The summed E-state index contributed by atoms with van der Waals surface area (Å²) in [6.07, 6.45) is 0.385. The SMILES string of the molecule is Nc1ccc(C(=O)Cc2ccc(Br)s2)cc1Cl. The number of rotatable bonds is 3. The van der Waals surface area contributed by atoms with Crippen molar-refractivity contribution in [1.29, 1.82) is 0 Å². The smallest absolute Gasteiger partial charge is 0.168 e. The number of carbonyl (C=O) groups excluding carboxylic acids is 1. The number of halogens is 2. The largest absolute Gasteiger partial charge is 0.398 e. The van der Waals surface area contributed by atoms with Gasteiger partial charge in [0.1, 0.15) is 0 Å². The fourth-order valence-corrected chi connectivity index (χ4v) is 3.07. The maximum atomic E-state index is 12.0. The number of anilines is 1. The highest BCUT2D eigenvalue weighted by Crippen LogP contribution is 2.25. The standard InChI is InChI=1S/C12H9BrClNOS/c13-12-4-2-8(17-12)6-11(16)7-1-3-10(15)9(14)5-7/h1-5H,6,15H2. The minimum atomic E-state index is 0.0428. The molecule has 0 fully saturated rings. The van der Waals surface area contributed by atoms with E-state index in [1.807, 2.05) is 12.1 Å². The van der Waals surface area contributed by atoms with E-state index < -0.39 is 0 Å². The van der Waals surface area contributed by atoms with Gasteiger partial charge in [0.25, 0.3) is 0 Å². The van der Waals surface area contributed by atoms with Crippen LogP contribution in [-0.4, -0.2) is 5.78 Å². The summed E-state index contributed by atoms with van der Waals surface area (Å²) < 4.78 is 1.02. The van der Waals surface area contributed by atoms with Gasteiger partial charge in [-0.25, -0.2) is 0 Å². The van der Waals surface area contributed by atoms with Gasteiger partial charge in [-0.15, -0.1) is 11.3 Å². The Balaban J connectivity index is 2.17. The summed E-state index contributed by atoms with van der Waals surface area (Å²) in [5, 5.41) is 0.420. The fraction of sp³-hybridized carbons (Fsp3) is 0.0833. The van der Waals surface area contributed by atoms with Crippen LogP contribution in [-0.2, 0) is 6.42 Å². The monoisotopic (exact) mass is 329 g/mol. The van der Waals surface area contributed by atoms with Crippen LogP contribution in [0.5, 0.6) is 0 Å².